The van der Waals surface area contributed by atoms with Crippen molar-refractivity contribution in [1.82, 2.24) is 0 Å². The molecule has 2 aromatic carbocycles. The zero-order valence-electron chi connectivity index (χ0n) is 16.5. The second-order valence-electron chi connectivity index (χ2n) is 6.42. The number of aliphatic carboxylic acids is 1. The first kappa shape index (κ1) is 24.9. The van der Waals surface area contributed by atoms with Gasteiger partial charge in [-0.2, -0.15) is 17.2 Å². The smallest absolute Gasteiger partial charge is 0.381 e. The quantitative estimate of drug-likeness (QED) is 0.408. The Hall–Kier alpha value is -3.38. The monoisotopic (exact) mass is 472 g/mol. The van der Waals surface area contributed by atoms with Crippen molar-refractivity contribution in [2.45, 2.75) is 18.1 Å². The third kappa shape index (κ3) is 6.82. The van der Waals surface area contributed by atoms with Crippen LogP contribution in [0.3, 0.4) is 0 Å². The van der Waals surface area contributed by atoms with Crippen LogP contribution in [-0.4, -0.2) is 62.4 Å². The van der Waals surface area contributed by atoms with Crippen LogP contribution in [0.2, 0.25) is 0 Å². The number of hydrogen-bond acceptors (Lipinski definition) is 8. The highest BCUT2D eigenvalue weighted by Crippen LogP contribution is 2.28. The summed E-state index contributed by atoms with van der Waals surface area (Å²) in [4.78, 5) is 35.6. The highest BCUT2D eigenvalue weighted by molar-refractivity contribution is 7.86. The molecule has 0 unspecified atom stereocenters. The first-order valence-electron chi connectivity index (χ1n) is 8.89. The summed E-state index contributed by atoms with van der Waals surface area (Å²) in [6.45, 7) is -1.16. The van der Waals surface area contributed by atoms with Crippen LogP contribution in [-0.2, 0) is 28.6 Å². The van der Waals surface area contributed by atoms with E-state index in [0.717, 1.165) is 0 Å². The first-order valence-corrected chi connectivity index (χ1v) is 10.7. The van der Waals surface area contributed by atoms with Crippen molar-refractivity contribution < 1.29 is 50.3 Å². The molecule has 0 aliphatic rings. The molecular formula is C20H18F2O9S. The molecule has 9 nitrogen and oxygen atoms in total. The van der Waals surface area contributed by atoms with Crippen molar-refractivity contribution in [3.63, 3.8) is 0 Å². The zero-order chi connectivity index (χ0) is 23.9. The Kier molecular flexibility index (Phi) is 8.00. The van der Waals surface area contributed by atoms with Gasteiger partial charge < -0.3 is 14.6 Å². The Labute approximate surface area is 181 Å². The number of esters is 2. The van der Waals surface area contributed by atoms with Gasteiger partial charge in [0.15, 0.2) is 6.10 Å². The molecule has 12 heteroatoms. The molecule has 2 atom stereocenters. The third-order valence-corrected chi connectivity index (χ3v) is 4.51. The van der Waals surface area contributed by atoms with E-state index in [0.29, 0.717) is 6.26 Å². The van der Waals surface area contributed by atoms with E-state index < -0.39 is 52.8 Å². The summed E-state index contributed by atoms with van der Waals surface area (Å²) in [7, 11) is -4.48. The zero-order valence-corrected chi connectivity index (χ0v) is 17.3. The molecule has 0 fully saturated rings. The minimum absolute atomic E-state index is 0.00781. The lowest BCUT2D eigenvalue weighted by molar-refractivity contribution is -0.194. The summed E-state index contributed by atoms with van der Waals surface area (Å²) < 4.78 is 66.2. The van der Waals surface area contributed by atoms with E-state index in [1.807, 2.05) is 0 Å². The summed E-state index contributed by atoms with van der Waals surface area (Å²) in [5.41, 5.74) is -0.202. The maximum absolute atomic E-state index is 14.5. The number of carbonyl (C=O) groups is 3. The topological polar surface area (TPSA) is 133 Å². The van der Waals surface area contributed by atoms with Crippen molar-refractivity contribution in [1.29, 1.82) is 0 Å². The van der Waals surface area contributed by atoms with Crippen LogP contribution in [0.1, 0.15) is 20.7 Å². The molecule has 2 aromatic rings. The third-order valence-electron chi connectivity index (χ3n) is 3.91. The minimum Gasteiger partial charge on any atom is -0.477 e. The molecule has 1 N–H and O–H groups in total. The summed E-state index contributed by atoms with van der Waals surface area (Å²) >= 11 is 0. The normalized spacial score (nSPS) is 13.6. The molecule has 2 rings (SSSR count). The van der Waals surface area contributed by atoms with E-state index in [1.165, 1.54) is 54.6 Å². The molecule has 0 saturated heterocycles. The fourth-order valence-electron chi connectivity index (χ4n) is 2.47. The Morgan fingerprint density at radius 2 is 1.41 bits per heavy atom. The highest BCUT2D eigenvalue weighted by atomic mass is 32.2. The van der Waals surface area contributed by atoms with Crippen LogP contribution in [0.25, 0.3) is 0 Å². The Morgan fingerprint density at radius 1 is 0.938 bits per heavy atom. The van der Waals surface area contributed by atoms with E-state index >= 15 is 0 Å². The standard InChI is InChI=1S/C20H18F2O9S/c1-32(27,28)31-15(12-29-17(23)13-8-4-2-5-9-13)16(20(21,22)19(25)26)30-18(24)14-10-6-3-7-11-14/h2-11,15-16H,12H2,1H3,(H,25,26)/t15-,16-/m1/s1. The molecule has 0 saturated carbocycles. The summed E-state index contributed by atoms with van der Waals surface area (Å²) in [6, 6.07) is 14.0. The molecule has 0 heterocycles. The number of carbonyl (C=O) groups excluding carboxylic acids is 2. The molecule has 0 radical (unpaired) electrons. The number of carboxylic acid groups (broad SMARTS) is 1. The molecule has 0 amide bonds. The number of hydrogen-bond donors (Lipinski definition) is 1. The molecule has 172 valence electrons. The number of benzene rings is 2. The van der Waals surface area contributed by atoms with Gasteiger partial charge in [-0.15, -0.1) is 0 Å². The van der Waals surface area contributed by atoms with Gasteiger partial charge in [-0.05, 0) is 24.3 Å². The second kappa shape index (κ2) is 10.3. The molecular weight excluding hydrogens is 454 g/mol. The molecule has 0 aliphatic carbocycles. The maximum Gasteiger partial charge on any atom is 0.381 e. The fraction of sp³-hybridized carbons (Fsp3) is 0.250. The van der Waals surface area contributed by atoms with Crippen molar-refractivity contribution in [3.05, 3.63) is 71.8 Å². The molecule has 0 spiro atoms. The van der Waals surface area contributed by atoms with Gasteiger partial charge in [0.25, 0.3) is 10.1 Å². The summed E-state index contributed by atoms with van der Waals surface area (Å²) in [5.74, 6) is -9.90. The van der Waals surface area contributed by atoms with Crippen molar-refractivity contribution >= 4 is 28.0 Å². The van der Waals surface area contributed by atoms with Crippen LogP contribution in [0.15, 0.2) is 60.7 Å². The van der Waals surface area contributed by atoms with E-state index in [1.54, 1.807) is 6.07 Å². The van der Waals surface area contributed by atoms with E-state index in [-0.39, 0.29) is 11.1 Å². The number of ether oxygens (including phenoxy) is 2. The van der Waals surface area contributed by atoms with Crippen molar-refractivity contribution in [2.24, 2.45) is 0 Å². The number of rotatable bonds is 10. The van der Waals surface area contributed by atoms with Crippen LogP contribution < -0.4 is 0 Å². The lowest BCUT2D eigenvalue weighted by atomic mass is 10.1. The highest BCUT2D eigenvalue weighted by Gasteiger charge is 2.55. The average Bonchev–Trinajstić information content (AvgIpc) is 2.74. The van der Waals surface area contributed by atoms with Crippen molar-refractivity contribution in [3.8, 4) is 0 Å². The van der Waals surface area contributed by atoms with Gasteiger partial charge in [0, 0.05) is 0 Å². The second-order valence-corrected chi connectivity index (χ2v) is 8.02. The number of halogens is 2. The lowest BCUT2D eigenvalue weighted by Crippen LogP contribution is -2.53. The van der Waals surface area contributed by atoms with Crippen LogP contribution >= 0.6 is 0 Å². The van der Waals surface area contributed by atoms with Gasteiger partial charge in [-0.3, -0.25) is 4.18 Å². The average molecular weight is 472 g/mol. The van der Waals surface area contributed by atoms with Gasteiger partial charge in [-0.25, -0.2) is 14.4 Å². The van der Waals surface area contributed by atoms with E-state index in [2.05, 4.69) is 8.92 Å². The predicted molar refractivity (Wildman–Crippen MR) is 105 cm³/mol. The van der Waals surface area contributed by atoms with E-state index in [9.17, 15) is 31.6 Å². The van der Waals surface area contributed by atoms with E-state index in [4.69, 9.17) is 9.84 Å². The predicted octanol–water partition coefficient (Wildman–Crippen LogP) is 2.13. The van der Waals surface area contributed by atoms with Crippen molar-refractivity contribution in [2.75, 3.05) is 12.9 Å². The van der Waals surface area contributed by atoms with Gasteiger partial charge >= 0.3 is 23.8 Å². The first-order chi connectivity index (χ1) is 14.9. The summed E-state index contributed by atoms with van der Waals surface area (Å²) in [5, 5.41) is 8.94. The van der Waals surface area contributed by atoms with Gasteiger partial charge in [-0.1, -0.05) is 36.4 Å². The Bertz CT molecular complexity index is 1060. The summed E-state index contributed by atoms with van der Waals surface area (Å²) in [6.07, 6.45) is -4.81. The number of alkyl halides is 2. The van der Waals surface area contributed by atoms with Crippen LogP contribution in [0.5, 0.6) is 0 Å². The molecule has 32 heavy (non-hydrogen) atoms. The molecule has 0 bridgehead atoms. The Morgan fingerprint density at radius 3 is 1.84 bits per heavy atom. The maximum atomic E-state index is 14.5. The van der Waals surface area contributed by atoms with Crippen LogP contribution in [0.4, 0.5) is 8.78 Å². The molecule has 0 aliphatic heterocycles. The van der Waals surface area contributed by atoms with Gasteiger partial charge in [0.1, 0.15) is 6.61 Å². The van der Waals surface area contributed by atoms with Gasteiger partial charge in [0.05, 0.1) is 17.4 Å². The Balaban J connectivity index is 2.36. The largest absolute Gasteiger partial charge is 0.477 e. The lowest BCUT2D eigenvalue weighted by Gasteiger charge is -2.29. The fourth-order valence-corrected chi connectivity index (χ4v) is 3.07. The minimum atomic E-state index is -4.79. The number of carboxylic acids is 1. The molecule has 0 aromatic heterocycles. The SMILES string of the molecule is CS(=O)(=O)O[C@H](COC(=O)c1ccccc1)[C@@H](OC(=O)c1ccccc1)C(F)(F)C(=O)O. The van der Waals surface area contributed by atoms with Crippen LogP contribution in [0, 0.1) is 0 Å². The van der Waals surface area contributed by atoms with Gasteiger partial charge in [0.2, 0.25) is 6.10 Å².